The smallest absolute Gasteiger partial charge is 0.256 e. The molecule has 1 aliphatic heterocycles. The first-order valence-electron chi connectivity index (χ1n) is 8.02. The van der Waals surface area contributed by atoms with E-state index in [4.69, 9.17) is 0 Å². The number of amides is 1. The van der Waals surface area contributed by atoms with Gasteiger partial charge in [0.25, 0.3) is 5.91 Å². The summed E-state index contributed by atoms with van der Waals surface area (Å²) in [6.45, 7) is 4.06. The molecule has 24 heavy (non-hydrogen) atoms. The van der Waals surface area contributed by atoms with Gasteiger partial charge in [-0.3, -0.25) is 14.5 Å². The topological polar surface area (TPSA) is 87.4 Å². The Kier molecular flexibility index (Phi) is 4.48. The Morgan fingerprint density at radius 3 is 2.92 bits per heavy atom. The molecule has 3 rings (SSSR count). The zero-order valence-electron chi connectivity index (χ0n) is 14.0. The largest absolute Gasteiger partial charge is 0.386 e. The molecule has 0 saturated carbocycles. The number of aliphatic hydroxyl groups is 1. The minimum Gasteiger partial charge on any atom is -0.386 e. The summed E-state index contributed by atoms with van der Waals surface area (Å²) in [5.41, 5.74) is -0.422. The van der Waals surface area contributed by atoms with Crippen molar-refractivity contribution in [3.05, 3.63) is 36.5 Å². The maximum atomic E-state index is 12.5. The Bertz CT molecular complexity index is 704. The molecule has 1 fully saturated rings. The molecular formula is C16H22N6O2. The third-order valence-electron chi connectivity index (χ3n) is 4.29. The predicted octanol–water partition coefficient (Wildman–Crippen LogP) is 0.406. The lowest BCUT2D eigenvalue weighted by atomic mass is 10.0. The Hall–Kier alpha value is -2.48. The van der Waals surface area contributed by atoms with Crippen molar-refractivity contribution >= 4 is 11.7 Å². The van der Waals surface area contributed by atoms with Gasteiger partial charge in [0.2, 0.25) is 0 Å². The molecule has 8 nitrogen and oxygen atoms in total. The molecule has 2 aromatic heterocycles. The summed E-state index contributed by atoms with van der Waals surface area (Å²) in [5.74, 6) is 0.604. The van der Waals surface area contributed by atoms with Crippen LogP contribution in [0.15, 0.2) is 31.0 Å². The second-order valence-electron chi connectivity index (χ2n) is 6.21. The monoisotopic (exact) mass is 330 g/mol. The minimum atomic E-state index is -0.956. The van der Waals surface area contributed by atoms with E-state index in [1.54, 1.807) is 47.6 Å². The fraction of sp³-hybridized carbons (Fsp3) is 0.500. The second-order valence-corrected chi connectivity index (χ2v) is 6.21. The Labute approximate surface area is 140 Å². The number of nitrogens with zero attached hydrogens (tertiary/aromatic N) is 6. The molecule has 0 aromatic carbocycles. The lowest BCUT2D eigenvalue weighted by Gasteiger charge is -2.28. The van der Waals surface area contributed by atoms with Gasteiger partial charge in [0.15, 0.2) is 0 Å². The molecule has 2 aromatic rings. The van der Waals surface area contributed by atoms with Crippen LogP contribution in [0.5, 0.6) is 0 Å². The van der Waals surface area contributed by atoms with Gasteiger partial charge < -0.3 is 14.9 Å². The number of hydrogen-bond donors (Lipinski definition) is 1. The zero-order chi connectivity index (χ0) is 17.2. The summed E-state index contributed by atoms with van der Waals surface area (Å²) in [5, 5.41) is 15.0. The molecule has 0 aliphatic carbocycles. The summed E-state index contributed by atoms with van der Waals surface area (Å²) < 4.78 is 1.71. The number of hydrogen-bond acceptors (Lipinski definition) is 6. The van der Waals surface area contributed by atoms with Gasteiger partial charge in [0.05, 0.1) is 24.5 Å². The van der Waals surface area contributed by atoms with Crippen LogP contribution in [0.1, 0.15) is 23.7 Å². The van der Waals surface area contributed by atoms with Crippen LogP contribution < -0.4 is 4.90 Å². The number of aryl methyl sites for hydroxylation is 1. The van der Waals surface area contributed by atoms with Crippen LogP contribution in [0.3, 0.4) is 0 Å². The van der Waals surface area contributed by atoms with Crippen molar-refractivity contribution < 1.29 is 9.90 Å². The van der Waals surface area contributed by atoms with Gasteiger partial charge in [-0.1, -0.05) is 0 Å². The van der Waals surface area contributed by atoms with E-state index >= 15 is 0 Å². The van der Waals surface area contributed by atoms with Gasteiger partial charge in [-0.15, -0.1) is 0 Å². The van der Waals surface area contributed by atoms with E-state index in [2.05, 4.69) is 15.1 Å². The van der Waals surface area contributed by atoms with Crippen molar-refractivity contribution in [2.75, 3.05) is 31.6 Å². The molecule has 1 saturated heterocycles. The minimum absolute atomic E-state index is 0.138. The number of β-amino-alcohol motifs (C(OH)–C–C–N with tert-alkyl or cyclic N) is 1. The van der Waals surface area contributed by atoms with Gasteiger partial charge in [-0.2, -0.15) is 5.10 Å². The Balaban J connectivity index is 1.63. The fourth-order valence-electron chi connectivity index (χ4n) is 3.02. The van der Waals surface area contributed by atoms with Crippen LogP contribution in [-0.2, 0) is 6.54 Å². The van der Waals surface area contributed by atoms with E-state index in [1.807, 2.05) is 11.8 Å². The standard InChI is InChI=1S/C16H22N6O2/c1-3-22-10-13(8-19-22)15(23)20(2)11-16(24)4-7-21(12-16)14-9-17-5-6-18-14/h5-6,8-10,24H,3-4,7,11-12H2,1-2H3/t16-/m0/s1. The van der Waals surface area contributed by atoms with Gasteiger partial charge in [0.1, 0.15) is 11.4 Å². The second kappa shape index (κ2) is 6.56. The van der Waals surface area contributed by atoms with Gasteiger partial charge in [-0.05, 0) is 13.3 Å². The molecule has 8 heteroatoms. The molecule has 1 atom stereocenters. The number of carbonyl (C=O) groups is 1. The van der Waals surface area contributed by atoms with Crippen LogP contribution in [0.4, 0.5) is 5.82 Å². The normalized spacial score (nSPS) is 20.4. The molecule has 1 aliphatic rings. The van der Waals surface area contributed by atoms with Crippen molar-refractivity contribution in [3.63, 3.8) is 0 Å². The molecule has 1 amide bonds. The third-order valence-corrected chi connectivity index (χ3v) is 4.29. The van der Waals surface area contributed by atoms with E-state index < -0.39 is 5.60 Å². The number of anilines is 1. The van der Waals surface area contributed by atoms with Crippen LogP contribution in [-0.4, -0.2) is 67.9 Å². The number of carbonyl (C=O) groups excluding carboxylic acids is 1. The summed E-state index contributed by atoms with van der Waals surface area (Å²) in [6, 6.07) is 0. The summed E-state index contributed by atoms with van der Waals surface area (Å²) in [4.78, 5) is 24.3. The highest BCUT2D eigenvalue weighted by Gasteiger charge is 2.38. The van der Waals surface area contributed by atoms with Crippen molar-refractivity contribution in [2.45, 2.75) is 25.5 Å². The van der Waals surface area contributed by atoms with E-state index in [0.29, 0.717) is 31.6 Å². The predicted molar refractivity (Wildman–Crippen MR) is 88.7 cm³/mol. The fourth-order valence-corrected chi connectivity index (χ4v) is 3.02. The first-order chi connectivity index (χ1) is 11.5. The average Bonchev–Trinajstić information content (AvgIpc) is 3.22. The van der Waals surface area contributed by atoms with Crippen molar-refractivity contribution in [1.82, 2.24) is 24.6 Å². The molecule has 0 unspecified atom stereocenters. The quantitative estimate of drug-likeness (QED) is 0.854. The van der Waals surface area contributed by atoms with Crippen molar-refractivity contribution in [1.29, 1.82) is 0 Å². The maximum Gasteiger partial charge on any atom is 0.256 e. The summed E-state index contributed by atoms with van der Waals surface area (Å²) in [7, 11) is 1.70. The summed E-state index contributed by atoms with van der Waals surface area (Å²) in [6.07, 6.45) is 8.80. The van der Waals surface area contributed by atoms with Crippen LogP contribution >= 0.6 is 0 Å². The molecule has 128 valence electrons. The number of likely N-dealkylation sites (N-methyl/N-ethyl adjacent to an activating group) is 1. The third kappa shape index (κ3) is 3.38. The van der Waals surface area contributed by atoms with Crippen LogP contribution in [0.25, 0.3) is 0 Å². The van der Waals surface area contributed by atoms with Crippen LogP contribution in [0.2, 0.25) is 0 Å². The molecule has 1 N–H and O–H groups in total. The Morgan fingerprint density at radius 2 is 2.25 bits per heavy atom. The highest BCUT2D eigenvalue weighted by Crippen LogP contribution is 2.26. The number of rotatable bonds is 5. The van der Waals surface area contributed by atoms with Gasteiger partial charge in [0, 0.05) is 45.3 Å². The van der Waals surface area contributed by atoms with E-state index in [1.165, 1.54) is 0 Å². The Morgan fingerprint density at radius 1 is 1.42 bits per heavy atom. The summed E-state index contributed by atoms with van der Waals surface area (Å²) >= 11 is 0. The average molecular weight is 330 g/mol. The first kappa shape index (κ1) is 16.4. The maximum absolute atomic E-state index is 12.5. The molecule has 3 heterocycles. The van der Waals surface area contributed by atoms with E-state index in [-0.39, 0.29) is 12.5 Å². The molecular weight excluding hydrogens is 308 g/mol. The lowest BCUT2D eigenvalue weighted by molar-refractivity contribution is 0.0264. The van der Waals surface area contributed by atoms with Gasteiger partial charge >= 0.3 is 0 Å². The highest BCUT2D eigenvalue weighted by molar-refractivity contribution is 5.93. The van der Waals surface area contributed by atoms with E-state index in [9.17, 15) is 9.90 Å². The molecule has 0 bridgehead atoms. The van der Waals surface area contributed by atoms with Gasteiger partial charge in [-0.25, -0.2) is 4.98 Å². The SMILES string of the molecule is CCn1cc(C(=O)N(C)C[C@@]2(O)CCN(c3cnccn3)C2)cn1. The highest BCUT2D eigenvalue weighted by atomic mass is 16.3. The lowest BCUT2D eigenvalue weighted by Crippen LogP contribution is -2.45. The first-order valence-corrected chi connectivity index (χ1v) is 8.02. The molecule has 0 radical (unpaired) electrons. The van der Waals surface area contributed by atoms with Crippen LogP contribution in [0, 0.1) is 0 Å². The van der Waals surface area contributed by atoms with E-state index in [0.717, 1.165) is 5.82 Å². The zero-order valence-corrected chi connectivity index (χ0v) is 14.0. The van der Waals surface area contributed by atoms with Crippen molar-refractivity contribution in [3.8, 4) is 0 Å². The number of aromatic nitrogens is 4. The molecule has 0 spiro atoms. The van der Waals surface area contributed by atoms with Crippen molar-refractivity contribution in [2.24, 2.45) is 0 Å².